The normalized spacial score (nSPS) is 17.4. The molecule has 2 aromatic carbocycles. The maximum absolute atomic E-state index is 12.7. The van der Waals surface area contributed by atoms with Gasteiger partial charge in [-0.3, -0.25) is 4.79 Å². The highest BCUT2D eigenvalue weighted by atomic mass is 79.9. The Morgan fingerprint density at radius 2 is 1.70 bits per heavy atom. The molecule has 0 aromatic heterocycles. The summed E-state index contributed by atoms with van der Waals surface area (Å²) >= 11 is 3.45. The lowest BCUT2D eigenvalue weighted by Gasteiger charge is -2.18. The van der Waals surface area contributed by atoms with Gasteiger partial charge in [-0.1, -0.05) is 64.5 Å². The highest BCUT2D eigenvalue weighted by molar-refractivity contribution is 9.09. The first-order valence-electron chi connectivity index (χ1n) is 6.81. The van der Waals surface area contributed by atoms with Gasteiger partial charge in [-0.05, 0) is 23.6 Å². The Kier molecular flexibility index (Phi) is 3.88. The lowest BCUT2D eigenvalue weighted by molar-refractivity contribution is -0.119. The van der Waals surface area contributed by atoms with Crippen LogP contribution in [0.4, 0.5) is 5.69 Å². The van der Waals surface area contributed by atoms with E-state index in [0.29, 0.717) is 6.54 Å². The van der Waals surface area contributed by atoms with Crippen molar-refractivity contribution < 1.29 is 4.79 Å². The predicted octanol–water partition coefficient (Wildman–Crippen LogP) is 4.10. The molecule has 102 valence electrons. The van der Waals surface area contributed by atoms with Crippen LogP contribution in [0.15, 0.2) is 54.6 Å². The monoisotopic (exact) mass is 329 g/mol. The Hall–Kier alpha value is -1.61. The van der Waals surface area contributed by atoms with Gasteiger partial charge in [0.05, 0.1) is 12.5 Å². The number of amides is 1. The van der Waals surface area contributed by atoms with Crippen LogP contribution in [-0.4, -0.2) is 11.2 Å². The van der Waals surface area contributed by atoms with Crippen LogP contribution in [0.2, 0.25) is 0 Å². The van der Waals surface area contributed by atoms with Gasteiger partial charge in [0.1, 0.15) is 0 Å². The van der Waals surface area contributed by atoms with Crippen LogP contribution >= 0.6 is 15.9 Å². The third kappa shape index (κ3) is 2.38. The summed E-state index contributed by atoms with van der Waals surface area (Å²) in [5.41, 5.74) is 3.38. The number of para-hydroxylation sites is 1. The van der Waals surface area contributed by atoms with E-state index < -0.39 is 0 Å². The van der Waals surface area contributed by atoms with E-state index >= 15 is 0 Å². The zero-order valence-electron chi connectivity index (χ0n) is 11.1. The highest BCUT2D eigenvalue weighted by Crippen LogP contribution is 2.39. The topological polar surface area (TPSA) is 20.3 Å². The Labute approximate surface area is 127 Å². The average Bonchev–Trinajstić information content (AvgIpc) is 2.75. The molecule has 0 N–H and O–H groups in total. The molecule has 1 unspecified atom stereocenters. The number of hydrogen-bond acceptors (Lipinski definition) is 1. The van der Waals surface area contributed by atoms with Crippen LogP contribution in [0, 0.1) is 0 Å². The molecular formula is C17H16BrNO. The molecule has 0 bridgehead atoms. The molecule has 1 atom stereocenters. The average molecular weight is 330 g/mol. The zero-order chi connectivity index (χ0) is 13.9. The minimum Gasteiger partial charge on any atom is -0.307 e. The summed E-state index contributed by atoms with van der Waals surface area (Å²) < 4.78 is 0. The second kappa shape index (κ2) is 5.80. The second-order valence-electron chi connectivity index (χ2n) is 5.00. The van der Waals surface area contributed by atoms with E-state index in [1.54, 1.807) is 0 Å². The van der Waals surface area contributed by atoms with E-state index in [-0.39, 0.29) is 11.8 Å². The molecule has 1 heterocycles. The Bertz CT molecular complexity index is 611. The first-order chi connectivity index (χ1) is 9.81. The van der Waals surface area contributed by atoms with Crippen molar-refractivity contribution in [3.8, 4) is 0 Å². The number of alkyl halides is 1. The number of carbonyl (C=O) groups is 1. The van der Waals surface area contributed by atoms with Gasteiger partial charge in [-0.2, -0.15) is 0 Å². The van der Waals surface area contributed by atoms with E-state index in [9.17, 15) is 4.79 Å². The molecule has 0 aliphatic carbocycles. The summed E-state index contributed by atoms with van der Waals surface area (Å²) in [6, 6.07) is 18.3. The van der Waals surface area contributed by atoms with Crippen molar-refractivity contribution in [2.24, 2.45) is 0 Å². The SMILES string of the molecule is O=C1C(CCBr)c2ccccc2N1Cc1ccccc1. The molecule has 2 nitrogen and oxygen atoms in total. The van der Waals surface area contributed by atoms with Gasteiger partial charge in [-0.15, -0.1) is 0 Å². The minimum absolute atomic E-state index is 0.00529. The maximum Gasteiger partial charge on any atom is 0.234 e. The number of nitrogens with zero attached hydrogens (tertiary/aromatic N) is 1. The van der Waals surface area contributed by atoms with Crippen molar-refractivity contribution in [2.45, 2.75) is 18.9 Å². The molecule has 0 saturated heterocycles. The van der Waals surface area contributed by atoms with Crippen LogP contribution < -0.4 is 4.90 Å². The van der Waals surface area contributed by atoms with Gasteiger partial charge in [-0.25, -0.2) is 0 Å². The Morgan fingerprint density at radius 3 is 2.45 bits per heavy atom. The number of carbonyl (C=O) groups excluding carboxylic acids is 1. The Balaban J connectivity index is 1.94. The molecule has 3 heteroatoms. The van der Waals surface area contributed by atoms with Crippen LogP contribution in [0.5, 0.6) is 0 Å². The number of anilines is 1. The van der Waals surface area contributed by atoms with Gasteiger partial charge in [0.15, 0.2) is 0 Å². The highest BCUT2D eigenvalue weighted by Gasteiger charge is 2.36. The number of rotatable bonds is 4. The predicted molar refractivity (Wildman–Crippen MR) is 85.2 cm³/mol. The summed E-state index contributed by atoms with van der Waals surface area (Å²) in [5.74, 6) is 0.212. The third-order valence-electron chi connectivity index (χ3n) is 3.75. The number of halogens is 1. The molecule has 3 rings (SSSR count). The molecule has 20 heavy (non-hydrogen) atoms. The van der Waals surface area contributed by atoms with Crippen molar-refractivity contribution >= 4 is 27.5 Å². The lowest BCUT2D eigenvalue weighted by atomic mass is 9.98. The van der Waals surface area contributed by atoms with Crippen molar-refractivity contribution in [3.05, 3.63) is 65.7 Å². The molecule has 0 spiro atoms. The number of hydrogen-bond donors (Lipinski definition) is 0. The summed E-state index contributed by atoms with van der Waals surface area (Å²) in [6.07, 6.45) is 0.848. The lowest BCUT2D eigenvalue weighted by Crippen LogP contribution is -2.28. The van der Waals surface area contributed by atoms with Crippen LogP contribution in [0.25, 0.3) is 0 Å². The van der Waals surface area contributed by atoms with Gasteiger partial charge >= 0.3 is 0 Å². The van der Waals surface area contributed by atoms with E-state index in [2.05, 4.69) is 34.1 Å². The molecule has 0 fully saturated rings. The minimum atomic E-state index is -0.00529. The first kappa shape index (κ1) is 13.4. The molecule has 0 radical (unpaired) electrons. The zero-order valence-corrected chi connectivity index (χ0v) is 12.7. The van der Waals surface area contributed by atoms with Crippen LogP contribution in [0.3, 0.4) is 0 Å². The van der Waals surface area contributed by atoms with Crippen molar-refractivity contribution in [1.82, 2.24) is 0 Å². The van der Waals surface area contributed by atoms with Crippen molar-refractivity contribution in [2.75, 3.05) is 10.2 Å². The fourth-order valence-corrected chi connectivity index (χ4v) is 3.24. The van der Waals surface area contributed by atoms with E-state index in [4.69, 9.17) is 0 Å². The maximum atomic E-state index is 12.7. The van der Waals surface area contributed by atoms with E-state index in [1.807, 2.05) is 41.3 Å². The quantitative estimate of drug-likeness (QED) is 0.773. The van der Waals surface area contributed by atoms with Crippen molar-refractivity contribution in [3.63, 3.8) is 0 Å². The standard InChI is InChI=1S/C17H16BrNO/c18-11-10-15-14-8-4-5-9-16(14)19(17(15)20)12-13-6-2-1-3-7-13/h1-9,15H,10-12H2. The van der Waals surface area contributed by atoms with E-state index in [1.165, 1.54) is 0 Å². The molecule has 1 aliphatic heterocycles. The third-order valence-corrected chi connectivity index (χ3v) is 4.21. The smallest absolute Gasteiger partial charge is 0.234 e. The van der Waals surface area contributed by atoms with Crippen molar-refractivity contribution in [1.29, 1.82) is 0 Å². The summed E-state index contributed by atoms with van der Waals surface area (Å²) in [5, 5.41) is 0.844. The number of fused-ring (bicyclic) bond motifs is 1. The first-order valence-corrected chi connectivity index (χ1v) is 7.93. The largest absolute Gasteiger partial charge is 0.307 e. The van der Waals surface area contributed by atoms with Gasteiger partial charge in [0, 0.05) is 11.0 Å². The van der Waals surface area contributed by atoms with Gasteiger partial charge in [0.25, 0.3) is 0 Å². The molecule has 1 aliphatic rings. The van der Waals surface area contributed by atoms with Gasteiger partial charge < -0.3 is 4.90 Å². The summed E-state index contributed by atoms with van der Waals surface area (Å²) in [4.78, 5) is 14.6. The molecule has 0 saturated carbocycles. The molecule has 2 aromatic rings. The summed E-state index contributed by atoms with van der Waals surface area (Å²) in [6.45, 7) is 0.648. The summed E-state index contributed by atoms with van der Waals surface area (Å²) in [7, 11) is 0. The molecular weight excluding hydrogens is 314 g/mol. The fraction of sp³-hybridized carbons (Fsp3) is 0.235. The van der Waals surface area contributed by atoms with E-state index in [0.717, 1.165) is 28.6 Å². The Morgan fingerprint density at radius 1 is 1.00 bits per heavy atom. The van der Waals surface area contributed by atoms with Crippen LogP contribution in [-0.2, 0) is 11.3 Å². The fourth-order valence-electron chi connectivity index (χ4n) is 2.79. The second-order valence-corrected chi connectivity index (χ2v) is 5.79. The molecule has 1 amide bonds. The van der Waals surface area contributed by atoms with Gasteiger partial charge in [0.2, 0.25) is 5.91 Å². The number of benzene rings is 2. The van der Waals surface area contributed by atoms with Crippen LogP contribution in [0.1, 0.15) is 23.5 Å².